The number of aromatic nitrogens is 2. The molecule has 0 aliphatic carbocycles. The molecule has 7 nitrogen and oxygen atoms in total. The molecule has 3 rings (SSSR count). The first kappa shape index (κ1) is 17.2. The first-order chi connectivity index (χ1) is 12.1. The average Bonchev–Trinajstić information content (AvgIpc) is 2.97. The number of carbonyl (C=O) groups is 1. The van der Waals surface area contributed by atoms with Crippen molar-refractivity contribution in [3.8, 4) is 5.88 Å². The van der Waals surface area contributed by atoms with Gasteiger partial charge in [0.25, 0.3) is 5.88 Å². The quantitative estimate of drug-likeness (QED) is 0.918. The van der Waals surface area contributed by atoms with E-state index in [9.17, 15) is 9.18 Å². The van der Waals surface area contributed by atoms with Crippen molar-refractivity contribution >= 4 is 11.7 Å². The Balaban J connectivity index is 1.63. The maximum Gasteiger partial charge on any atom is 0.322 e. The Hall–Kier alpha value is -2.64. The van der Waals surface area contributed by atoms with Crippen LogP contribution in [0.4, 0.5) is 14.9 Å². The molecule has 0 unspecified atom stereocenters. The molecule has 134 valence electrons. The minimum atomic E-state index is -0.503. The molecule has 2 amide bonds. The number of hydrogen-bond donors (Lipinski definition) is 1. The number of piperidine rings is 1. The maximum absolute atomic E-state index is 13.7. The van der Waals surface area contributed by atoms with Gasteiger partial charge in [-0.3, -0.25) is 0 Å². The van der Waals surface area contributed by atoms with Crippen molar-refractivity contribution in [3.05, 3.63) is 35.6 Å². The number of pyridine rings is 1. The van der Waals surface area contributed by atoms with E-state index in [0.717, 1.165) is 12.8 Å². The van der Waals surface area contributed by atoms with E-state index in [0.29, 0.717) is 36.7 Å². The number of ether oxygens (including phenoxy) is 1. The second kappa shape index (κ2) is 7.50. The molecule has 0 radical (unpaired) electrons. The van der Waals surface area contributed by atoms with Crippen LogP contribution in [0.3, 0.4) is 0 Å². The van der Waals surface area contributed by atoms with E-state index in [-0.39, 0.29) is 18.0 Å². The normalized spacial score (nSPS) is 17.4. The summed E-state index contributed by atoms with van der Waals surface area (Å²) in [5.74, 6) is 0.0419. The van der Waals surface area contributed by atoms with Crippen LogP contribution in [0.2, 0.25) is 0 Å². The molecule has 0 bridgehead atoms. The minimum absolute atomic E-state index is 0.0297. The summed E-state index contributed by atoms with van der Waals surface area (Å²) in [6.07, 6.45) is 3.37. The highest BCUT2D eigenvalue weighted by Crippen LogP contribution is 2.23. The third-order valence-corrected chi connectivity index (χ3v) is 4.17. The van der Waals surface area contributed by atoms with E-state index in [1.807, 2.05) is 6.92 Å². The molecule has 1 aliphatic heterocycles. The van der Waals surface area contributed by atoms with Crippen LogP contribution in [-0.4, -0.2) is 40.3 Å². The summed E-state index contributed by atoms with van der Waals surface area (Å²) in [6.45, 7) is 4.68. The van der Waals surface area contributed by atoms with Gasteiger partial charge in [0.2, 0.25) is 0 Å². The molecule has 1 fully saturated rings. The highest BCUT2D eigenvalue weighted by atomic mass is 19.1. The largest absolute Gasteiger partial charge is 0.470 e. The highest BCUT2D eigenvalue weighted by molar-refractivity contribution is 5.90. The molecule has 2 aromatic heterocycles. The molecular formula is C17H21FN4O3. The van der Waals surface area contributed by atoms with Crippen LogP contribution in [0.1, 0.15) is 31.2 Å². The van der Waals surface area contributed by atoms with Crippen LogP contribution >= 0.6 is 0 Å². The van der Waals surface area contributed by atoms with E-state index in [4.69, 9.17) is 9.26 Å². The van der Waals surface area contributed by atoms with Crippen LogP contribution in [0, 0.1) is 12.7 Å². The number of carbonyl (C=O) groups excluding carboxylic acids is 1. The van der Waals surface area contributed by atoms with E-state index >= 15 is 0 Å². The van der Waals surface area contributed by atoms with Crippen molar-refractivity contribution < 1.29 is 18.4 Å². The van der Waals surface area contributed by atoms with Gasteiger partial charge in [-0.15, -0.1) is 0 Å². The van der Waals surface area contributed by atoms with Crippen LogP contribution in [0.25, 0.3) is 0 Å². The van der Waals surface area contributed by atoms with Gasteiger partial charge >= 0.3 is 6.03 Å². The molecule has 2 aromatic rings. The van der Waals surface area contributed by atoms with Crippen LogP contribution in [-0.2, 0) is 6.42 Å². The van der Waals surface area contributed by atoms with E-state index in [2.05, 4.69) is 15.5 Å². The summed E-state index contributed by atoms with van der Waals surface area (Å²) in [7, 11) is 0. The Bertz CT molecular complexity index is 749. The summed E-state index contributed by atoms with van der Waals surface area (Å²) in [5.41, 5.74) is 1.33. The van der Waals surface area contributed by atoms with Gasteiger partial charge in [0.15, 0.2) is 11.6 Å². The fraction of sp³-hybridized carbons (Fsp3) is 0.471. The molecule has 1 N–H and O–H groups in total. The summed E-state index contributed by atoms with van der Waals surface area (Å²) in [5, 5.41) is 6.79. The molecule has 3 heterocycles. The topological polar surface area (TPSA) is 80.5 Å². The predicted molar refractivity (Wildman–Crippen MR) is 89.1 cm³/mol. The third kappa shape index (κ3) is 3.89. The molecule has 1 atom stereocenters. The number of nitrogens with zero attached hydrogens (tertiary/aromatic N) is 3. The number of nitrogens with one attached hydrogen (secondary N) is 1. The Morgan fingerprint density at radius 2 is 2.40 bits per heavy atom. The number of urea groups is 1. The van der Waals surface area contributed by atoms with Crippen molar-refractivity contribution in [2.75, 3.05) is 18.4 Å². The zero-order valence-corrected chi connectivity index (χ0v) is 14.3. The SMILES string of the molecule is CCc1noc(C)c1NC(=O)N1CCC[C@H](Oc2ncccc2F)C1. The van der Waals surface area contributed by atoms with Gasteiger partial charge < -0.3 is 19.5 Å². The molecule has 0 saturated carbocycles. The van der Waals surface area contributed by atoms with Gasteiger partial charge in [-0.05, 0) is 38.3 Å². The lowest BCUT2D eigenvalue weighted by Crippen LogP contribution is -2.46. The molecule has 0 aromatic carbocycles. The van der Waals surface area contributed by atoms with Crippen molar-refractivity contribution in [1.29, 1.82) is 0 Å². The lowest BCUT2D eigenvalue weighted by Gasteiger charge is -2.32. The molecule has 8 heteroatoms. The minimum Gasteiger partial charge on any atom is -0.470 e. The average molecular weight is 348 g/mol. The van der Waals surface area contributed by atoms with Gasteiger partial charge in [-0.2, -0.15) is 0 Å². The summed E-state index contributed by atoms with van der Waals surface area (Å²) >= 11 is 0. The zero-order chi connectivity index (χ0) is 17.8. The lowest BCUT2D eigenvalue weighted by molar-refractivity contribution is 0.0987. The summed E-state index contributed by atoms with van der Waals surface area (Å²) in [4.78, 5) is 18.1. The van der Waals surface area contributed by atoms with E-state index in [1.165, 1.54) is 18.3 Å². The number of likely N-dealkylation sites (tertiary alicyclic amines) is 1. The Kier molecular flexibility index (Phi) is 5.16. The lowest BCUT2D eigenvalue weighted by atomic mass is 10.1. The van der Waals surface area contributed by atoms with Crippen molar-refractivity contribution in [1.82, 2.24) is 15.0 Å². The van der Waals surface area contributed by atoms with Gasteiger partial charge in [0.1, 0.15) is 17.5 Å². The first-order valence-electron chi connectivity index (χ1n) is 8.36. The number of halogens is 1. The Morgan fingerprint density at radius 3 is 3.16 bits per heavy atom. The molecule has 25 heavy (non-hydrogen) atoms. The predicted octanol–water partition coefficient (Wildman–Crippen LogP) is 3.15. The second-order valence-corrected chi connectivity index (χ2v) is 5.96. The Labute approximate surface area is 145 Å². The monoisotopic (exact) mass is 348 g/mol. The van der Waals surface area contributed by atoms with Crippen LogP contribution in [0.15, 0.2) is 22.9 Å². The standard InChI is InChI=1S/C17H21FN4O3/c1-3-14-15(11(2)25-21-14)20-17(23)22-9-5-6-12(10-22)24-16-13(18)7-4-8-19-16/h4,7-8,12H,3,5-6,9-10H2,1-2H3,(H,20,23)/t12-/m0/s1. The fourth-order valence-electron chi connectivity index (χ4n) is 2.84. The number of aryl methyl sites for hydroxylation is 2. The molecule has 1 aliphatic rings. The fourth-order valence-corrected chi connectivity index (χ4v) is 2.84. The smallest absolute Gasteiger partial charge is 0.322 e. The van der Waals surface area contributed by atoms with Gasteiger partial charge in [0.05, 0.1) is 6.54 Å². The number of rotatable bonds is 4. The Morgan fingerprint density at radius 1 is 1.56 bits per heavy atom. The van der Waals surface area contributed by atoms with Gasteiger partial charge in [-0.25, -0.2) is 14.2 Å². The molecule has 1 saturated heterocycles. The number of anilines is 1. The van der Waals surface area contributed by atoms with Crippen LogP contribution in [0.5, 0.6) is 5.88 Å². The molecule has 0 spiro atoms. The van der Waals surface area contributed by atoms with Gasteiger partial charge in [-0.1, -0.05) is 12.1 Å². The van der Waals surface area contributed by atoms with E-state index in [1.54, 1.807) is 11.8 Å². The number of hydrogen-bond acceptors (Lipinski definition) is 5. The van der Waals surface area contributed by atoms with Crippen LogP contribution < -0.4 is 10.1 Å². The second-order valence-electron chi connectivity index (χ2n) is 5.96. The molecular weight excluding hydrogens is 327 g/mol. The summed E-state index contributed by atoms with van der Waals surface area (Å²) < 4.78 is 24.4. The van der Waals surface area contributed by atoms with E-state index < -0.39 is 5.82 Å². The van der Waals surface area contributed by atoms with Gasteiger partial charge in [0, 0.05) is 12.7 Å². The third-order valence-electron chi connectivity index (χ3n) is 4.17. The zero-order valence-electron chi connectivity index (χ0n) is 14.3. The number of amides is 2. The summed E-state index contributed by atoms with van der Waals surface area (Å²) in [6, 6.07) is 2.57. The van der Waals surface area contributed by atoms with Crippen molar-refractivity contribution in [3.63, 3.8) is 0 Å². The van der Waals surface area contributed by atoms with Crippen molar-refractivity contribution in [2.45, 2.75) is 39.2 Å². The maximum atomic E-state index is 13.7. The first-order valence-corrected chi connectivity index (χ1v) is 8.36. The highest BCUT2D eigenvalue weighted by Gasteiger charge is 2.27. The van der Waals surface area contributed by atoms with Crippen molar-refractivity contribution in [2.24, 2.45) is 0 Å².